The van der Waals surface area contributed by atoms with E-state index in [1.165, 1.54) is 11.8 Å². The van der Waals surface area contributed by atoms with Crippen molar-refractivity contribution in [3.8, 4) is 5.75 Å². The number of thioether (sulfide) groups is 1. The maximum Gasteiger partial charge on any atom is 0.348 e. The molecule has 2 N–H and O–H groups in total. The van der Waals surface area contributed by atoms with Gasteiger partial charge in [-0.05, 0) is 43.5 Å². The van der Waals surface area contributed by atoms with Crippen molar-refractivity contribution in [1.82, 2.24) is 9.55 Å². The van der Waals surface area contributed by atoms with Crippen LogP contribution in [0.2, 0.25) is 0 Å². The molecule has 0 fully saturated rings. The quantitative estimate of drug-likeness (QED) is 0.562. The van der Waals surface area contributed by atoms with Gasteiger partial charge in [0, 0.05) is 16.9 Å². The third-order valence-corrected chi connectivity index (χ3v) is 5.26. The van der Waals surface area contributed by atoms with Crippen LogP contribution in [0, 0.1) is 0 Å². The molecule has 2 aromatic rings. The van der Waals surface area contributed by atoms with Crippen LogP contribution >= 0.6 is 11.8 Å². The summed E-state index contributed by atoms with van der Waals surface area (Å²) >= 11 is 1.28. The van der Waals surface area contributed by atoms with E-state index >= 15 is 0 Å². The van der Waals surface area contributed by atoms with Crippen molar-refractivity contribution in [3.05, 3.63) is 46.0 Å². The summed E-state index contributed by atoms with van der Waals surface area (Å²) in [7, 11) is 1.59. The monoisotopic (exact) mass is 375 g/mol. The van der Waals surface area contributed by atoms with E-state index in [0.717, 1.165) is 36.3 Å². The minimum absolute atomic E-state index is 0.0925. The topological polar surface area (TPSA) is 93.5 Å². The first-order valence-electron chi connectivity index (χ1n) is 8.42. The summed E-state index contributed by atoms with van der Waals surface area (Å²) in [5.74, 6) is 0.739. The van der Waals surface area contributed by atoms with Gasteiger partial charge in [-0.1, -0.05) is 11.8 Å². The fourth-order valence-corrected chi connectivity index (χ4v) is 3.92. The lowest BCUT2D eigenvalue weighted by atomic mass is 10.2. The summed E-state index contributed by atoms with van der Waals surface area (Å²) in [6, 6.07) is 7.09. The molecule has 0 atom stereocenters. The highest BCUT2D eigenvalue weighted by atomic mass is 32.2. The number of aromatic nitrogens is 2. The second-order valence-corrected chi connectivity index (χ2v) is 6.88. The standard InChI is InChI=1S/C18H21N3O4S/c1-25-13-7-5-12(6-8-13)19-16(23)11-26-17-14-3-2-4-15(14)21(9-10-22)18(24)20-17/h5-8,22H,2-4,9-11H2,1H3,(H,19,23). The Hall–Kier alpha value is -2.32. The zero-order valence-electron chi connectivity index (χ0n) is 14.5. The molecule has 1 heterocycles. The summed E-state index contributed by atoms with van der Waals surface area (Å²) in [5, 5.41) is 12.6. The van der Waals surface area contributed by atoms with Crippen LogP contribution in [-0.4, -0.2) is 40.0 Å². The SMILES string of the molecule is COc1ccc(NC(=O)CSc2nc(=O)n(CCO)c3c2CCC3)cc1. The molecule has 0 unspecified atom stereocenters. The molecule has 1 aliphatic carbocycles. The number of carbonyl (C=O) groups excluding carboxylic acids is 1. The van der Waals surface area contributed by atoms with Gasteiger partial charge in [0.15, 0.2) is 0 Å². The van der Waals surface area contributed by atoms with Crippen LogP contribution in [0.1, 0.15) is 17.7 Å². The molecule has 7 nitrogen and oxygen atoms in total. The number of hydrogen-bond acceptors (Lipinski definition) is 6. The number of carbonyl (C=O) groups is 1. The maximum atomic E-state index is 12.2. The number of fused-ring (bicyclic) bond motifs is 1. The van der Waals surface area contributed by atoms with Crippen molar-refractivity contribution in [2.24, 2.45) is 0 Å². The Morgan fingerprint density at radius 1 is 1.35 bits per heavy atom. The smallest absolute Gasteiger partial charge is 0.348 e. The molecular formula is C18H21N3O4S. The van der Waals surface area contributed by atoms with Gasteiger partial charge in [0.1, 0.15) is 10.8 Å². The van der Waals surface area contributed by atoms with E-state index in [4.69, 9.17) is 9.84 Å². The van der Waals surface area contributed by atoms with Gasteiger partial charge in [-0.15, -0.1) is 0 Å². The highest BCUT2D eigenvalue weighted by Crippen LogP contribution is 2.29. The summed E-state index contributed by atoms with van der Waals surface area (Å²) in [5.41, 5.74) is 2.29. The van der Waals surface area contributed by atoms with E-state index in [2.05, 4.69) is 10.3 Å². The van der Waals surface area contributed by atoms with Crippen LogP contribution in [0.3, 0.4) is 0 Å². The Balaban J connectivity index is 1.67. The molecule has 0 saturated carbocycles. The van der Waals surface area contributed by atoms with Gasteiger partial charge in [-0.25, -0.2) is 4.79 Å². The number of benzene rings is 1. The predicted octanol–water partition coefficient (Wildman–Crippen LogP) is 1.46. The number of amides is 1. The molecule has 3 rings (SSSR count). The van der Waals surface area contributed by atoms with Gasteiger partial charge in [0.05, 0.1) is 26.0 Å². The lowest BCUT2D eigenvalue weighted by Crippen LogP contribution is -2.28. The molecule has 26 heavy (non-hydrogen) atoms. The van der Waals surface area contributed by atoms with Crippen molar-refractivity contribution in [1.29, 1.82) is 0 Å². The molecule has 0 bridgehead atoms. The summed E-state index contributed by atoms with van der Waals surface area (Å²) < 4.78 is 6.63. The van der Waals surface area contributed by atoms with Gasteiger partial charge in [-0.2, -0.15) is 4.98 Å². The molecule has 1 aromatic carbocycles. The van der Waals surface area contributed by atoms with Crippen molar-refractivity contribution in [3.63, 3.8) is 0 Å². The predicted molar refractivity (Wildman–Crippen MR) is 100.0 cm³/mol. The highest BCUT2D eigenvalue weighted by molar-refractivity contribution is 8.00. The maximum absolute atomic E-state index is 12.2. The second kappa shape index (κ2) is 8.37. The van der Waals surface area contributed by atoms with E-state index in [1.807, 2.05) is 0 Å². The van der Waals surface area contributed by atoms with E-state index < -0.39 is 0 Å². The van der Waals surface area contributed by atoms with Crippen LogP contribution in [0.4, 0.5) is 5.69 Å². The average molecular weight is 375 g/mol. The zero-order valence-corrected chi connectivity index (χ0v) is 15.3. The summed E-state index contributed by atoms with van der Waals surface area (Å²) in [4.78, 5) is 28.5. The third-order valence-electron chi connectivity index (χ3n) is 4.24. The first-order chi connectivity index (χ1) is 12.6. The first-order valence-corrected chi connectivity index (χ1v) is 9.41. The van der Waals surface area contributed by atoms with Gasteiger partial charge in [-0.3, -0.25) is 9.36 Å². The zero-order chi connectivity index (χ0) is 18.5. The van der Waals surface area contributed by atoms with E-state index in [0.29, 0.717) is 10.7 Å². The number of ether oxygens (including phenoxy) is 1. The molecule has 138 valence electrons. The van der Waals surface area contributed by atoms with E-state index in [-0.39, 0.29) is 30.5 Å². The third kappa shape index (κ3) is 4.08. The number of nitrogens with one attached hydrogen (secondary N) is 1. The Bertz CT molecular complexity index is 849. The molecular weight excluding hydrogens is 354 g/mol. The fourth-order valence-electron chi connectivity index (χ4n) is 3.04. The number of hydrogen-bond donors (Lipinski definition) is 2. The molecule has 8 heteroatoms. The Kier molecular flexibility index (Phi) is 5.95. The lowest BCUT2D eigenvalue weighted by Gasteiger charge is -2.13. The Labute approximate surface area is 155 Å². The lowest BCUT2D eigenvalue weighted by molar-refractivity contribution is -0.113. The summed E-state index contributed by atoms with van der Waals surface area (Å²) in [6.07, 6.45) is 2.60. The van der Waals surface area contributed by atoms with Crippen molar-refractivity contribution in [2.75, 3.05) is 24.8 Å². The molecule has 0 saturated heterocycles. The van der Waals surface area contributed by atoms with Crippen molar-refractivity contribution < 1.29 is 14.6 Å². The van der Waals surface area contributed by atoms with Gasteiger partial charge >= 0.3 is 5.69 Å². The van der Waals surface area contributed by atoms with E-state index in [9.17, 15) is 9.59 Å². The van der Waals surface area contributed by atoms with Gasteiger partial charge in [0.25, 0.3) is 0 Å². The molecule has 1 amide bonds. The number of nitrogens with zero attached hydrogens (tertiary/aromatic N) is 2. The first kappa shape index (κ1) is 18.5. The molecule has 0 spiro atoms. The minimum atomic E-state index is -0.363. The number of anilines is 1. The number of aliphatic hydroxyl groups excluding tert-OH is 1. The van der Waals surface area contributed by atoms with Crippen molar-refractivity contribution >= 4 is 23.4 Å². The Morgan fingerprint density at radius 3 is 2.81 bits per heavy atom. The van der Waals surface area contributed by atoms with Crippen molar-refractivity contribution in [2.45, 2.75) is 30.8 Å². The molecule has 0 aliphatic heterocycles. The molecule has 1 aliphatic rings. The fraction of sp³-hybridized carbons (Fsp3) is 0.389. The number of rotatable bonds is 7. The second-order valence-electron chi connectivity index (χ2n) is 5.92. The normalized spacial score (nSPS) is 12.7. The van der Waals surface area contributed by atoms with E-state index in [1.54, 1.807) is 35.9 Å². The number of methoxy groups -OCH3 is 1. The average Bonchev–Trinajstić information content (AvgIpc) is 3.13. The van der Waals surface area contributed by atoms with Crippen LogP contribution in [0.25, 0.3) is 0 Å². The summed E-state index contributed by atoms with van der Waals surface area (Å²) in [6.45, 7) is 0.169. The van der Waals surface area contributed by atoms with Crippen LogP contribution in [0.5, 0.6) is 5.75 Å². The Morgan fingerprint density at radius 2 is 2.12 bits per heavy atom. The number of aliphatic hydroxyl groups is 1. The molecule has 1 aromatic heterocycles. The van der Waals surface area contributed by atoms with Crippen LogP contribution < -0.4 is 15.7 Å². The highest BCUT2D eigenvalue weighted by Gasteiger charge is 2.22. The van der Waals surface area contributed by atoms with Gasteiger partial charge in [0.2, 0.25) is 5.91 Å². The minimum Gasteiger partial charge on any atom is -0.497 e. The molecule has 0 radical (unpaired) electrons. The van der Waals surface area contributed by atoms with Crippen LogP contribution in [-0.2, 0) is 24.2 Å². The largest absolute Gasteiger partial charge is 0.497 e. The van der Waals surface area contributed by atoms with Crippen LogP contribution in [0.15, 0.2) is 34.1 Å². The van der Waals surface area contributed by atoms with Gasteiger partial charge < -0.3 is 15.2 Å².